The minimum absolute atomic E-state index is 0.273. The highest BCUT2D eigenvalue weighted by molar-refractivity contribution is 9.09. The number of rotatable bonds is 4. The van der Waals surface area contributed by atoms with Gasteiger partial charge in [-0.3, -0.25) is 9.78 Å². The van der Waals surface area contributed by atoms with Gasteiger partial charge in [0.05, 0.1) is 5.52 Å². The van der Waals surface area contributed by atoms with Gasteiger partial charge in [0.1, 0.15) is 0 Å². The Morgan fingerprint density at radius 3 is 2.90 bits per heavy atom. The van der Waals surface area contributed by atoms with Crippen LogP contribution in [-0.2, 0) is 11.2 Å². The van der Waals surface area contributed by atoms with E-state index in [1.807, 2.05) is 23.1 Å². The van der Waals surface area contributed by atoms with Gasteiger partial charge in [0.2, 0.25) is 5.91 Å². The number of carbonyl (C=O) groups is 1. The molecule has 0 aliphatic carbocycles. The topological polar surface area (TPSA) is 33.2 Å². The number of aromatic nitrogens is 1. The molecule has 1 unspecified atom stereocenters. The van der Waals surface area contributed by atoms with Crippen LogP contribution in [0.5, 0.6) is 0 Å². The Morgan fingerprint density at radius 2 is 2.10 bits per heavy atom. The molecule has 2 heterocycles. The van der Waals surface area contributed by atoms with Crippen LogP contribution in [0.4, 0.5) is 0 Å². The molecule has 104 valence electrons. The molecule has 20 heavy (non-hydrogen) atoms. The third kappa shape index (κ3) is 2.85. The van der Waals surface area contributed by atoms with Gasteiger partial charge in [-0.2, -0.15) is 0 Å². The van der Waals surface area contributed by atoms with Crippen molar-refractivity contribution in [2.45, 2.75) is 12.8 Å². The summed E-state index contributed by atoms with van der Waals surface area (Å²) in [6, 6.07) is 12.3. The van der Waals surface area contributed by atoms with Crippen LogP contribution in [0.2, 0.25) is 0 Å². The smallest absolute Gasteiger partial charge is 0.222 e. The van der Waals surface area contributed by atoms with E-state index in [1.54, 1.807) is 0 Å². The van der Waals surface area contributed by atoms with E-state index in [2.05, 4.69) is 39.1 Å². The molecule has 1 saturated heterocycles. The number of fused-ring (bicyclic) bond motifs is 1. The zero-order chi connectivity index (χ0) is 13.9. The summed E-state index contributed by atoms with van der Waals surface area (Å²) >= 11 is 3.46. The lowest BCUT2D eigenvalue weighted by Crippen LogP contribution is -2.27. The van der Waals surface area contributed by atoms with E-state index >= 15 is 0 Å². The summed E-state index contributed by atoms with van der Waals surface area (Å²) in [5.74, 6) is 0.738. The number of para-hydroxylation sites is 1. The first-order valence-corrected chi connectivity index (χ1v) is 8.07. The Bertz CT molecular complexity index is 629. The molecule has 1 aromatic heterocycles. The van der Waals surface area contributed by atoms with Crippen molar-refractivity contribution in [3.8, 4) is 0 Å². The molecule has 1 aliphatic rings. The van der Waals surface area contributed by atoms with Crippen molar-refractivity contribution in [2.75, 3.05) is 18.4 Å². The summed E-state index contributed by atoms with van der Waals surface area (Å²) in [7, 11) is 0. The van der Waals surface area contributed by atoms with Gasteiger partial charge in [0, 0.05) is 42.3 Å². The Morgan fingerprint density at radius 1 is 1.25 bits per heavy atom. The molecule has 1 aromatic carbocycles. The highest BCUT2D eigenvalue weighted by atomic mass is 79.9. The van der Waals surface area contributed by atoms with Gasteiger partial charge in [0.15, 0.2) is 0 Å². The number of likely N-dealkylation sites (tertiary alicyclic amines) is 1. The van der Waals surface area contributed by atoms with Crippen LogP contribution >= 0.6 is 15.9 Å². The van der Waals surface area contributed by atoms with Crippen molar-refractivity contribution in [3.63, 3.8) is 0 Å². The summed E-state index contributed by atoms with van der Waals surface area (Å²) < 4.78 is 0. The molecule has 0 radical (unpaired) electrons. The second-order valence-electron chi connectivity index (χ2n) is 5.31. The number of carbonyl (C=O) groups excluding carboxylic acids is 1. The Labute approximate surface area is 127 Å². The normalized spacial score (nSPS) is 18.9. The van der Waals surface area contributed by atoms with E-state index in [1.165, 1.54) is 0 Å². The number of hydrogen-bond donors (Lipinski definition) is 0. The predicted octanol–water partition coefficient (Wildman–Crippen LogP) is 3.02. The maximum Gasteiger partial charge on any atom is 0.222 e. The average molecular weight is 333 g/mol. The number of nitrogens with zero attached hydrogens (tertiary/aromatic N) is 2. The van der Waals surface area contributed by atoms with Gasteiger partial charge in [-0.25, -0.2) is 0 Å². The lowest BCUT2D eigenvalue weighted by atomic mass is 10.1. The molecule has 1 aliphatic heterocycles. The number of pyridine rings is 1. The predicted molar refractivity (Wildman–Crippen MR) is 83.9 cm³/mol. The monoisotopic (exact) mass is 332 g/mol. The van der Waals surface area contributed by atoms with E-state index in [0.717, 1.165) is 41.4 Å². The molecule has 2 aromatic rings. The van der Waals surface area contributed by atoms with Gasteiger partial charge in [-0.1, -0.05) is 40.2 Å². The van der Waals surface area contributed by atoms with Crippen LogP contribution in [0.25, 0.3) is 10.9 Å². The Hall–Kier alpha value is -1.42. The second kappa shape index (κ2) is 5.92. The van der Waals surface area contributed by atoms with Gasteiger partial charge in [-0.15, -0.1) is 0 Å². The van der Waals surface area contributed by atoms with Crippen LogP contribution in [0.3, 0.4) is 0 Å². The quantitative estimate of drug-likeness (QED) is 0.806. The average Bonchev–Trinajstić information content (AvgIpc) is 2.85. The summed E-state index contributed by atoms with van der Waals surface area (Å²) in [4.78, 5) is 18.5. The summed E-state index contributed by atoms with van der Waals surface area (Å²) in [5.41, 5.74) is 2.08. The van der Waals surface area contributed by atoms with E-state index in [-0.39, 0.29) is 5.91 Å². The Balaban J connectivity index is 1.66. The first-order valence-electron chi connectivity index (χ1n) is 6.94. The molecule has 0 saturated carbocycles. The maximum atomic E-state index is 11.9. The minimum atomic E-state index is 0.273. The highest BCUT2D eigenvalue weighted by Crippen LogP contribution is 2.20. The molecule has 0 N–H and O–H groups in total. The van der Waals surface area contributed by atoms with E-state index in [0.29, 0.717) is 12.3 Å². The molecule has 4 heteroatoms. The molecule has 1 atom stereocenters. The van der Waals surface area contributed by atoms with Crippen LogP contribution in [-0.4, -0.2) is 34.2 Å². The fourth-order valence-electron chi connectivity index (χ4n) is 2.67. The van der Waals surface area contributed by atoms with Gasteiger partial charge in [0.25, 0.3) is 0 Å². The van der Waals surface area contributed by atoms with Crippen LogP contribution in [0, 0.1) is 5.92 Å². The van der Waals surface area contributed by atoms with Crippen LogP contribution < -0.4 is 0 Å². The molecule has 0 spiro atoms. The summed E-state index contributed by atoms with van der Waals surface area (Å²) in [6.07, 6.45) is 1.50. The van der Waals surface area contributed by atoms with Crippen molar-refractivity contribution in [1.82, 2.24) is 9.88 Å². The zero-order valence-corrected chi connectivity index (χ0v) is 12.8. The lowest BCUT2D eigenvalue weighted by molar-refractivity contribution is -0.127. The van der Waals surface area contributed by atoms with Crippen molar-refractivity contribution < 1.29 is 4.79 Å². The van der Waals surface area contributed by atoms with E-state index in [4.69, 9.17) is 0 Å². The van der Waals surface area contributed by atoms with Gasteiger partial charge >= 0.3 is 0 Å². The van der Waals surface area contributed by atoms with Crippen LogP contribution in [0.1, 0.15) is 12.1 Å². The van der Waals surface area contributed by atoms with E-state index < -0.39 is 0 Å². The first-order chi connectivity index (χ1) is 9.76. The SMILES string of the molecule is O=C1CC(CBr)CN1CCc1ccc2ccccc2n1. The third-order valence-corrected chi connectivity index (χ3v) is 4.72. The van der Waals surface area contributed by atoms with Crippen molar-refractivity contribution in [3.05, 3.63) is 42.1 Å². The Kier molecular flexibility index (Phi) is 4.01. The first kappa shape index (κ1) is 13.6. The van der Waals surface area contributed by atoms with Gasteiger partial charge in [-0.05, 0) is 18.1 Å². The fourth-order valence-corrected chi connectivity index (χ4v) is 3.10. The number of benzene rings is 1. The largest absolute Gasteiger partial charge is 0.342 e. The third-order valence-electron chi connectivity index (χ3n) is 3.81. The standard InChI is InChI=1S/C16H17BrN2O/c17-10-12-9-16(20)19(11-12)8-7-14-6-5-13-3-1-2-4-15(13)18-14/h1-6,12H,7-11H2. The highest BCUT2D eigenvalue weighted by Gasteiger charge is 2.28. The minimum Gasteiger partial charge on any atom is -0.342 e. The molecular formula is C16H17BrN2O. The zero-order valence-electron chi connectivity index (χ0n) is 11.3. The molecule has 3 nitrogen and oxygen atoms in total. The van der Waals surface area contributed by atoms with Crippen molar-refractivity contribution >= 4 is 32.7 Å². The fraction of sp³-hybridized carbons (Fsp3) is 0.375. The summed E-state index contributed by atoms with van der Waals surface area (Å²) in [5, 5.41) is 2.07. The number of amides is 1. The number of halogens is 1. The van der Waals surface area contributed by atoms with Crippen LogP contribution in [0.15, 0.2) is 36.4 Å². The van der Waals surface area contributed by atoms with Crippen molar-refractivity contribution in [1.29, 1.82) is 0 Å². The molecular weight excluding hydrogens is 316 g/mol. The van der Waals surface area contributed by atoms with Gasteiger partial charge < -0.3 is 4.90 Å². The molecule has 0 bridgehead atoms. The number of hydrogen-bond acceptors (Lipinski definition) is 2. The molecule has 1 fully saturated rings. The summed E-state index contributed by atoms with van der Waals surface area (Å²) in [6.45, 7) is 1.64. The second-order valence-corrected chi connectivity index (χ2v) is 5.96. The molecule has 3 rings (SSSR count). The lowest BCUT2D eigenvalue weighted by Gasteiger charge is -2.16. The molecule has 1 amide bonds. The van der Waals surface area contributed by atoms with E-state index in [9.17, 15) is 4.79 Å². The number of alkyl halides is 1. The van der Waals surface area contributed by atoms with Crippen molar-refractivity contribution in [2.24, 2.45) is 5.92 Å². The maximum absolute atomic E-state index is 11.9.